The molecule has 0 atom stereocenters. The minimum absolute atomic E-state index is 0.0815. The molecule has 0 radical (unpaired) electrons. The van der Waals surface area contributed by atoms with Gasteiger partial charge in [-0.2, -0.15) is 4.98 Å². The zero-order valence-electron chi connectivity index (χ0n) is 13.4. The molecule has 1 aliphatic heterocycles. The molecular weight excluding hydrogens is 331 g/mol. The lowest BCUT2D eigenvalue weighted by molar-refractivity contribution is 0.122. The Morgan fingerprint density at radius 2 is 1.96 bits per heavy atom. The van der Waals surface area contributed by atoms with E-state index < -0.39 is 17.3 Å². The first kappa shape index (κ1) is 15.9. The summed E-state index contributed by atoms with van der Waals surface area (Å²) in [6, 6.07) is 7.52. The number of hydrogen-bond acceptors (Lipinski definition) is 4. The predicted molar refractivity (Wildman–Crippen MR) is 87.2 cm³/mol. The van der Waals surface area contributed by atoms with Crippen molar-refractivity contribution in [2.75, 3.05) is 18.0 Å². The maximum Gasteiger partial charge on any atom is 0.298 e. The Morgan fingerprint density at radius 1 is 1.16 bits per heavy atom. The van der Waals surface area contributed by atoms with Crippen LogP contribution in [-0.2, 0) is 6.42 Å². The van der Waals surface area contributed by atoms with Gasteiger partial charge in [-0.1, -0.05) is 6.07 Å². The third-order valence-electron chi connectivity index (χ3n) is 4.55. The highest BCUT2D eigenvalue weighted by atomic mass is 19.1. The Balaban J connectivity index is 1.49. The van der Waals surface area contributed by atoms with E-state index in [4.69, 9.17) is 4.42 Å². The van der Waals surface area contributed by atoms with E-state index in [1.165, 1.54) is 0 Å². The van der Waals surface area contributed by atoms with E-state index in [2.05, 4.69) is 9.97 Å². The van der Waals surface area contributed by atoms with E-state index in [1.54, 1.807) is 17.2 Å². The molecule has 0 spiro atoms. The van der Waals surface area contributed by atoms with E-state index in [9.17, 15) is 8.78 Å². The minimum Gasteiger partial charge on any atom is -0.420 e. The SMILES string of the molecule is Fc1cc(F)c2oc(N3CCC(F)(Cc4ccccn4)CC3)nc2c1. The quantitative estimate of drug-likeness (QED) is 0.717. The first-order valence-electron chi connectivity index (χ1n) is 8.12. The molecule has 4 rings (SSSR count). The summed E-state index contributed by atoms with van der Waals surface area (Å²) in [5.41, 5.74) is -0.577. The molecule has 2 aromatic heterocycles. The number of nitrogens with zero attached hydrogens (tertiary/aromatic N) is 3. The van der Waals surface area contributed by atoms with Gasteiger partial charge in [-0.15, -0.1) is 0 Å². The van der Waals surface area contributed by atoms with Crippen LogP contribution in [0.25, 0.3) is 11.1 Å². The average molecular weight is 347 g/mol. The summed E-state index contributed by atoms with van der Waals surface area (Å²) in [4.78, 5) is 10.1. The fourth-order valence-electron chi connectivity index (χ4n) is 3.19. The highest BCUT2D eigenvalue weighted by Crippen LogP contribution is 2.33. The van der Waals surface area contributed by atoms with Crippen LogP contribution in [0.5, 0.6) is 0 Å². The van der Waals surface area contributed by atoms with Gasteiger partial charge in [0.15, 0.2) is 11.4 Å². The molecule has 0 aliphatic carbocycles. The Bertz CT molecular complexity index is 889. The molecule has 1 aliphatic rings. The number of oxazole rings is 1. The van der Waals surface area contributed by atoms with Gasteiger partial charge in [-0.25, -0.2) is 13.2 Å². The molecule has 0 amide bonds. The van der Waals surface area contributed by atoms with Gasteiger partial charge in [0.2, 0.25) is 0 Å². The largest absolute Gasteiger partial charge is 0.420 e. The number of piperidine rings is 1. The molecule has 1 fully saturated rings. The van der Waals surface area contributed by atoms with Crippen molar-refractivity contribution in [1.29, 1.82) is 0 Å². The number of pyridine rings is 1. The van der Waals surface area contributed by atoms with Crippen LogP contribution in [0, 0.1) is 11.6 Å². The number of rotatable bonds is 3. The van der Waals surface area contributed by atoms with Gasteiger partial charge >= 0.3 is 0 Å². The molecule has 0 bridgehead atoms. The van der Waals surface area contributed by atoms with E-state index in [1.807, 2.05) is 12.1 Å². The standard InChI is InChI=1S/C18H16F3N3O/c19-12-9-14(20)16-15(10-12)23-17(25-16)24-7-4-18(21,5-8-24)11-13-3-1-2-6-22-13/h1-3,6,9-10H,4-5,7-8,11H2. The van der Waals surface area contributed by atoms with Crippen molar-refractivity contribution in [2.45, 2.75) is 24.9 Å². The van der Waals surface area contributed by atoms with Crippen LogP contribution >= 0.6 is 0 Å². The zero-order valence-corrected chi connectivity index (χ0v) is 13.4. The summed E-state index contributed by atoms with van der Waals surface area (Å²) < 4.78 is 47.5. The molecule has 3 heterocycles. The van der Waals surface area contributed by atoms with Crippen molar-refractivity contribution in [3.05, 3.63) is 53.9 Å². The van der Waals surface area contributed by atoms with Crippen LogP contribution in [-0.4, -0.2) is 28.7 Å². The van der Waals surface area contributed by atoms with E-state index >= 15 is 4.39 Å². The zero-order chi connectivity index (χ0) is 17.4. The molecule has 25 heavy (non-hydrogen) atoms. The van der Waals surface area contributed by atoms with Crippen molar-refractivity contribution in [2.24, 2.45) is 0 Å². The first-order chi connectivity index (χ1) is 12.0. The lowest BCUT2D eigenvalue weighted by atomic mass is 9.89. The number of hydrogen-bond donors (Lipinski definition) is 0. The maximum absolute atomic E-state index is 15.0. The highest BCUT2D eigenvalue weighted by Gasteiger charge is 2.36. The highest BCUT2D eigenvalue weighted by molar-refractivity contribution is 5.75. The average Bonchev–Trinajstić information content (AvgIpc) is 3.00. The second kappa shape index (κ2) is 6.06. The molecular formula is C18H16F3N3O. The monoisotopic (exact) mass is 347 g/mol. The third-order valence-corrected chi connectivity index (χ3v) is 4.55. The van der Waals surface area contributed by atoms with Crippen LogP contribution in [0.2, 0.25) is 0 Å². The summed E-state index contributed by atoms with van der Waals surface area (Å²) in [5.74, 6) is -1.50. The molecule has 3 aromatic rings. The number of benzene rings is 1. The second-order valence-corrected chi connectivity index (χ2v) is 6.37. The van der Waals surface area contributed by atoms with Crippen molar-refractivity contribution in [1.82, 2.24) is 9.97 Å². The summed E-state index contributed by atoms with van der Waals surface area (Å²) in [5, 5.41) is 0. The molecule has 7 heteroatoms. The number of anilines is 1. The van der Waals surface area contributed by atoms with Crippen molar-refractivity contribution >= 4 is 17.1 Å². The predicted octanol–water partition coefficient (Wildman–Crippen LogP) is 4.05. The fourth-order valence-corrected chi connectivity index (χ4v) is 3.19. The molecule has 0 N–H and O–H groups in total. The lowest BCUT2D eigenvalue weighted by Crippen LogP contribution is -2.43. The Hall–Kier alpha value is -2.57. The van der Waals surface area contributed by atoms with Crippen molar-refractivity contribution in [3.8, 4) is 0 Å². The topological polar surface area (TPSA) is 42.2 Å². The Labute approximate surface area is 142 Å². The molecule has 0 unspecified atom stereocenters. The fraction of sp³-hybridized carbons (Fsp3) is 0.333. The normalized spacial score (nSPS) is 17.2. The lowest BCUT2D eigenvalue weighted by Gasteiger charge is -2.35. The number of fused-ring (bicyclic) bond motifs is 1. The van der Waals surface area contributed by atoms with E-state index in [0.29, 0.717) is 25.9 Å². The molecule has 4 nitrogen and oxygen atoms in total. The molecule has 0 saturated carbocycles. The summed E-state index contributed by atoms with van der Waals surface area (Å²) >= 11 is 0. The van der Waals surface area contributed by atoms with Gasteiger partial charge in [-0.3, -0.25) is 4.98 Å². The summed E-state index contributed by atoms with van der Waals surface area (Å²) in [6.07, 6.45) is 2.49. The number of halogens is 3. The van der Waals surface area contributed by atoms with Crippen LogP contribution in [0.4, 0.5) is 19.2 Å². The van der Waals surface area contributed by atoms with E-state index in [-0.39, 0.29) is 23.5 Å². The van der Waals surface area contributed by atoms with E-state index in [0.717, 1.165) is 17.8 Å². The van der Waals surface area contributed by atoms with Gasteiger partial charge < -0.3 is 9.32 Å². The van der Waals surface area contributed by atoms with Crippen molar-refractivity contribution < 1.29 is 17.6 Å². The molecule has 1 aromatic carbocycles. The van der Waals surface area contributed by atoms with Gasteiger partial charge in [0.25, 0.3) is 6.01 Å². The van der Waals surface area contributed by atoms with Gasteiger partial charge in [0.1, 0.15) is 17.0 Å². The molecule has 130 valence electrons. The Morgan fingerprint density at radius 3 is 2.68 bits per heavy atom. The number of alkyl halides is 1. The van der Waals surface area contributed by atoms with Crippen LogP contribution in [0.1, 0.15) is 18.5 Å². The molecule has 1 saturated heterocycles. The maximum atomic E-state index is 15.0. The minimum atomic E-state index is -1.34. The Kier molecular flexibility index (Phi) is 3.86. The van der Waals surface area contributed by atoms with Gasteiger partial charge in [-0.05, 0) is 25.0 Å². The smallest absolute Gasteiger partial charge is 0.298 e. The van der Waals surface area contributed by atoms with Crippen LogP contribution in [0.15, 0.2) is 40.9 Å². The summed E-state index contributed by atoms with van der Waals surface area (Å²) in [7, 11) is 0. The van der Waals surface area contributed by atoms with Gasteiger partial charge in [0.05, 0.1) is 0 Å². The van der Waals surface area contributed by atoms with Gasteiger partial charge in [0, 0.05) is 43.5 Å². The third kappa shape index (κ3) is 3.18. The van der Waals surface area contributed by atoms with Crippen LogP contribution in [0.3, 0.4) is 0 Å². The first-order valence-corrected chi connectivity index (χ1v) is 8.12. The second-order valence-electron chi connectivity index (χ2n) is 6.37. The number of aromatic nitrogens is 2. The van der Waals surface area contributed by atoms with Crippen LogP contribution < -0.4 is 4.90 Å². The summed E-state index contributed by atoms with van der Waals surface area (Å²) in [6.45, 7) is 0.778. The van der Waals surface area contributed by atoms with Crippen molar-refractivity contribution in [3.63, 3.8) is 0 Å².